The fourth-order valence-electron chi connectivity index (χ4n) is 2.21. The zero-order chi connectivity index (χ0) is 11.3. The van der Waals surface area contributed by atoms with Crippen LogP contribution in [-0.2, 0) is 4.79 Å². The van der Waals surface area contributed by atoms with Crippen LogP contribution in [0.25, 0.3) is 0 Å². The molecule has 4 heteroatoms. The summed E-state index contributed by atoms with van der Waals surface area (Å²) < 4.78 is 0. The molecular weight excluding hydrogens is 194 g/mol. The topological polar surface area (TPSA) is 60.8 Å². The van der Waals surface area contributed by atoms with Crippen molar-refractivity contribution in [3.05, 3.63) is 0 Å². The van der Waals surface area contributed by atoms with Crippen LogP contribution in [0.3, 0.4) is 0 Å². The number of likely N-dealkylation sites (N-methyl/N-ethyl adjacent to an activating group) is 1. The van der Waals surface area contributed by atoms with E-state index in [0.717, 1.165) is 0 Å². The summed E-state index contributed by atoms with van der Waals surface area (Å²) in [6, 6.07) is 0.587. The van der Waals surface area contributed by atoms with Crippen LogP contribution in [0.5, 0.6) is 0 Å². The Morgan fingerprint density at radius 2 is 2.07 bits per heavy atom. The van der Waals surface area contributed by atoms with Gasteiger partial charge in [0.1, 0.15) is 0 Å². The predicted molar refractivity (Wildman–Crippen MR) is 57.8 cm³/mol. The monoisotopic (exact) mass is 215 g/mol. The molecule has 0 saturated heterocycles. The van der Waals surface area contributed by atoms with E-state index in [4.69, 9.17) is 5.11 Å². The Hall–Kier alpha value is -0.610. The van der Waals surface area contributed by atoms with Gasteiger partial charge in [0, 0.05) is 19.0 Å². The Kier molecular flexibility index (Phi) is 5.05. The molecule has 0 aliphatic heterocycles. The number of rotatable bonds is 6. The summed E-state index contributed by atoms with van der Waals surface area (Å²) in [6.07, 6.45) is 4.88. The lowest BCUT2D eigenvalue weighted by Gasteiger charge is -2.26. The quantitative estimate of drug-likeness (QED) is 0.696. The molecule has 0 aromatic carbocycles. The van der Waals surface area contributed by atoms with Crippen molar-refractivity contribution >= 4 is 5.97 Å². The summed E-state index contributed by atoms with van der Waals surface area (Å²) in [7, 11) is 2.01. The molecule has 88 valence electrons. The Labute approximate surface area is 90.9 Å². The number of aliphatic carboxylic acids is 1. The van der Waals surface area contributed by atoms with Crippen molar-refractivity contribution in [3.8, 4) is 0 Å². The van der Waals surface area contributed by atoms with Crippen molar-refractivity contribution in [2.75, 3.05) is 13.6 Å². The highest BCUT2D eigenvalue weighted by atomic mass is 16.4. The molecule has 1 atom stereocenters. The van der Waals surface area contributed by atoms with Crippen LogP contribution >= 0.6 is 0 Å². The van der Waals surface area contributed by atoms with Crippen LogP contribution in [0.15, 0.2) is 0 Å². The van der Waals surface area contributed by atoms with Gasteiger partial charge in [-0.2, -0.15) is 0 Å². The summed E-state index contributed by atoms with van der Waals surface area (Å²) >= 11 is 0. The molecule has 0 spiro atoms. The zero-order valence-corrected chi connectivity index (χ0v) is 9.35. The van der Waals surface area contributed by atoms with Gasteiger partial charge in [0.2, 0.25) is 0 Å². The molecule has 1 rings (SSSR count). The van der Waals surface area contributed by atoms with Crippen molar-refractivity contribution in [1.82, 2.24) is 4.90 Å². The Morgan fingerprint density at radius 3 is 2.60 bits per heavy atom. The van der Waals surface area contributed by atoms with Gasteiger partial charge in [-0.3, -0.25) is 4.79 Å². The second-order valence-corrected chi connectivity index (χ2v) is 4.46. The first-order valence-electron chi connectivity index (χ1n) is 5.69. The van der Waals surface area contributed by atoms with Gasteiger partial charge in [-0.15, -0.1) is 0 Å². The third kappa shape index (κ3) is 4.62. The molecule has 0 aromatic rings. The molecule has 1 saturated carbocycles. The first-order chi connectivity index (χ1) is 7.09. The van der Waals surface area contributed by atoms with Gasteiger partial charge in [-0.1, -0.05) is 12.8 Å². The third-order valence-electron chi connectivity index (χ3n) is 3.14. The van der Waals surface area contributed by atoms with Crippen LogP contribution in [0, 0.1) is 0 Å². The lowest BCUT2D eigenvalue weighted by Crippen LogP contribution is -2.36. The van der Waals surface area contributed by atoms with E-state index in [0.29, 0.717) is 19.0 Å². The lowest BCUT2D eigenvalue weighted by molar-refractivity contribution is -0.137. The average molecular weight is 215 g/mol. The van der Waals surface area contributed by atoms with E-state index in [1.54, 1.807) is 0 Å². The second-order valence-electron chi connectivity index (χ2n) is 4.46. The highest BCUT2D eigenvalue weighted by molar-refractivity contribution is 5.66. The number of aliphatic hydroxyl groups is 1. The highest BCUT2D eigenvalue weighted by Crippen LogP contribution is 2.22. The smallest absolute Gasteiger partial charge is 0.303 e. The van der Waals surface area contributed by atoms with E-state index < -0.39 is 12.1 Å². The minimum absolute atomic E-state index is 0.0552. The fraction of sp³-hybridized carbons (Fsp3) is 0.909. The van der Waals surface area contributed by atoms with E-state index in [9.17, 15) is 9.90 Å². The number of nitrogens with zero attached hydrogens (tertiary/aromatic N) is 1. The number of aliphatic hydroxyl groups excluding tert-OH is 1. The van der Waals surface area contributed by atoms with Crippen LogP contribution < -0.4 is 0 Å². The van der Waals surface area contributed by atoms with Crippen molar-refractivity contribution in [2.45, 2.75) is 50.7 Å². The van der Waals surface area contributed by atoms with E-state index >= 15 is 0 Å². The van der Waals surface area contributed by atoms with Gasteiger partial charge in [-0.05, 0) is 26.3 Å². The van der Waals surface area contributed by atoms with Gasteiger partial charge in [-0.25, -0.2) is 0 Å². The molecule has 1 fully saturated rings. The highest BCUT2D eigenvalue weighted by Gasteiger charge is 2.21. The van der Waals surface area contributed by atoms with Crippen molar-refractivity contribution in [2.24, 2.45) is 0 Å². The van der Waals surface area contributed by atoms with Gasteiger partial charge >= 0.3 is 5.97 Å². The maximum atomic E-state index is 10.3. The summed E-state index contributed by atoms with van der Waals surface area (Å²) in [4.78, 5) is 12.5. The largest absolute Gasteiger partial charge is 0.481 e. The Bertz CT molecular complexity index is 202. The minimum atomic E-state index is -0.836. The van der Waals surface area contributed by atoms with Crippen molar-refractivity contribution in [3.63, 3.8) is 0 Å². The molecule has 0 radical (unpaired) electrons. The van der Waals surface area contributed by atoms with Crippen LogP contribution in [-0.4, -0.2) is 46.8 Å². The standard InChI is InChI=1S/C11H21NO3/c1-12(9-4-2-3-5-9)8-10(13)6-7-11(14)15/h9-10,13H,2-8H2,1H3,(H,14,15). The van der Waals surface area contributed by atoms with Gasteiger partial charge < -0.3 is 15.1 Å². The van der Waals surface area contributed by atoms with E-state index in [-0.39, 0.29) is 6.42 Å². The van der Waals surface area contributed by atoms with Gasteiger partial charge in [0.25, 0.3) is 0 Å². The molecule has 0 bridgehead atoms. The summed E-state index contributed by atoms with van der Waals surface area (Å²) in [5, 5.41) is 18.1. The fourth-order valence-corrected chi connectivity index (χ4v) is 2.21. The SMILES string of the molecule is CN(CC(O)CCC(=O)O)C1CCCC1. The molecule has 4 nitrogen and oxygen atoms in total. The molecule has 0 aromatic heterocycles. The van der Waals surface area contributed by atoms with Crippen LogP contribution in [0.1, 0.15) is 38.5 Å². The molecule has 1 unspecified atom stereocenters. The van der Waals surface area contributed by atoms with E-state index in [2.05, 4.69) is 4.90 Å². The number of carboxylic acid groups (broad SMARTS) is 1. The maximum Gasteiger partial charge on any atom is 0.303 e. The number of carboxylic acids is 1. The molecule has 2 N–H and O–H groups in total. The van der Waals surface area contributed by atoms with E-state index in [1.807, 2.05) is 7.05 Å². The van der Waals surface area contributed by atoms with E-state index in [1.165, 1.54) is 25.7 Å². The van der Waals surface area contributed by atoms with Crippen LogP contribution in [0.4, 0.5) is 0 Å². The average Bonchev–Trinajstić information content (AvgIpc) is 2.67. The summed E-state index contributed by atoms with van der Waals surface area (Å²) in [5.74, 6) is -0.836. The molecule has 1 aliphatic carbocycles. The molecular formula is C11H21NO3. The van der Waals surface area contributed by atoms with Crippen LogP contribution in [0.2, 0.25) is 0 Å². The number of hydrogen-bond donors (Lipinski definition) is 2. The number of hydrogen-bond acceptors (Lipinski definition) is 3. The van der Waals surface area contributed by atoms with Gasteiger partial charge in [0.05, 0.1) is 6.10 Å². The second kappa shape index (κ2) is 6.08. The number of carbonyl (C=O) groups is 1. The third-order valence-corrected chi connectivity index (χ3v) is 3.14. The molecule has 0 heterocycles. The first kappa shape index (κ1) is 12.5. The summed E-state index contributed by atoms with van der Waals surface area (Å²) in [5.41, 5.74) is 0. The van der Waals surface area contributed by atoms with Gasteiger partial charge in [0.15, 0.2) is 0 Å². The summed E-state index contributed by atoms with van der Waals surface area (Å²) in [6.45, 7) is 0.595. The Morgan fingerprint density at radius 1 is 1.47 bits per heavy atom. The maximum absolute atomic E-state index is 10.3. The van der Waals surface area contributed by atoms with Crippen molar-refractivity contribution in [1.29, 1.82) is 0 Å². The first-order valence-corrected chi connectivity index (χ1v) is 5.69. The molecule has 15 heavy (non-hydrogen) atoms. The van der Waals surface area contributed by atoms with Crippen molar-refractivity contribution < 1.29 is 15.0 Å². The predicted octanol–water partition coefficient (Wildman–Crippen LogP) is 1.09. The normalized spacial score (nSPS) is 19.7. The zero-order valence-electron chi connectivity index (χ0n) is 9.35. The molecule has 1 aliphatic rings. The minimum Gasteiger partial charge on any atom is -0.481 e. The lowest BCUT2D eigenvalue weighted by atomic mass is 10.1. The Balaban J connectivity index is 2.18. The molecule has 0 amide bonds.